The van der Waals surface area contributed by atoms with Crippen LogP contribution in [0.15, 0.2) is 134 Å². The van der Waals surface area contributed by atoms with Crippen molar-refractivity contribution < 1.29 is 40.7 Å². The zero-order chi connectivity index (χ0) is 93.0. The van der Waals surface area contributed by atoms with Crippen LogP contribution in [-0.2, 0) is 34.0 Å². The van der Waals surface area contributed by atoms with Crippen molar-refractivity contribution in [2.75, 3.05) is 182 Å². The lowest BCUT2D eigenvalue weighted by atomic mass is 9.96. The third-order valence-electron chi connectivity index (χ3n) is 27.8. The van der Waals surface area contributed by atoms with Gasteiger partial charge in [-0.2, -0.15) is 15.0 Å². The Morgan fingerprint density at radius 3 is 1.02 bits per heavy atom. The number of aromatic nitrogens is 6. The summed E-state index contributed by atoms with van der Waals surface area (Å²) in [7, 11) is 0. The zero-order valence-electron chi connectivity index (χ0n) is 76.1. The molecule has 6 fully saturated rings. The summed E-state index contributed by atoms with van der Waals surface area (Å²) in [5.41, 5.74) is 6.42. The van der Waals surface area contributed by atoms with E-state index in [4.69, 9.17) is 21.6 Å². The smallest absolute Gasteiger partial charge is 0.350 e. The van der Waals surface area contributed by atoms with Gasteiger partial charge in [0.05, 0.1) is 21.6 Å². The lowest BCUT2D eigenvalue weighted by Gasteiger charge is -2.44. The lowest BCUT2D eigenvalue weighted by Crippen LogP contribution is -2.58. The number of hydrogen-bond acceptors (Lipinski definition) is 21. The van der Waals surface area contributed by atoms with Gasteiger partial charge in [-0.05, 0) is 152 Å². The number of carbonyl (C=O) groups is 3. The first-order valence-electron chi connectivity index (χ1n) is 45.5. The van der Waals surface area contributed by atoms with Crippen LogP contribution in [0.25, 0.3) is 66.1 Å². The molecule has 34 heteroatoms. The van der Waals surface area contributed by atoms with Crippen LogP contribution < -0.4 is 31.8 Å². The maximum atomic E-state index is 15.5. The molecule has 3 unspecified atom stereocenters. The Kier molecular flexibility index (Phi) is 28.8. The molecule has 0 bridgehead atoms. The predicted octanol–water partition coefficient (Wildman–Crippen LogP) is 13.0. The van der Waals surface area contributed by atoms with Crippen LogP contribution in [0.5, 0.6) is 0 Å². The van der Waals surface area contributed by atoms with Gasteiger partial charge < -0.3 is 44.1 Å². The van der Waals surface area contributed by atoms with Crippen LogP contribution in [0.1, 0.15) is 65.2 Å². The highest BCUT2D eigenvalue weighted by Gasteiger charge is 2.41. The molecule has 0 spiro atoms. The Morgan fingerprint density at radius 2 is 0.710 bits per heavy atom. The second-order valence-corrected chi connectivity index (χ2v) is 39.3. The highest BCUT2D eigenvalue weighted by molar-refractivity contribution is 8.00. The van der Waals surface area contributed by atoms with Gasteiger partial charge in [-0.15, -0.1) is 35.3 Å². The molecule has 6 saturated heterocycles. The highest BCUT2D eigenvalue weighted by Crippen LogP contribution is 2.50. The summed E-state index contributed by atoms with van der Waals surface area (Å²) in [6.07, 6.45) is 4.00. The Bertz CT molecular complexity index is 6130. The molecule has 24 nitrogen and oxygen atoms in total. The minimum atomic E-state index is -0.818. The van der Waals surface area contributed by atoms with Gasteiger partial charge in [0.15, 0.2) is 0 Å². The molecule has 7 atom stereocenters. The Labute approximate surface area is 777 Å². The van der Waals surface area contributed by atoms with Crippen molar-refractivity contribution in [1.82, 2.24) is 72.8 Å². The summed E-state index contributed by atoms with van der Waals surface area (Å²) >= 11 is 11.1. The maximum Gasteiger partial charge on any atom is 0.350 e. The van der Waals surface area contributed by atoms with Crippen LogP contribution in [0, 0.1) is 55.7 Å². The Morgan fingerprint density at radius 1 is 0.397 bits per heavy atom. The number of anilines is 3. The molecule has 0 N–H and O–H groups in total. The van der Waals surface area contributed by atoms with Crippen molar-refractivity contribution in [3.05, 3.63) is 193 Å². The number of amides is 3. The second-order valence-electron chi connectivity index (χ2n) is 35.8. The standard InChI is InChI=1S/C33H39ClF2N6O2S.C33H40F2N6O2S.C31H36F2N6O2S/c1-6-28(43)42-20(4)15-40(16-21(42)5)32-24-12-19(3)29(23-13-25(34)27(36)14-26(23)35)31-30(24)41(33(44)37-32)17-22(18-45-31)39-10-8-38(7-2)9-11-39;1-6-28(42)41-21(4)16-39(17-22(41)5)32-26-14-20(3)29(25-9-8-23(34)15-27(25)35)31-30(26)40(33(43)36-32)18-24(19-44-31)38-12-10-37(7-2)11-13-38;1-4-26(40)37-12-14-38(15-13-37)30-24-16-20(3)27(23-7-6-21(32)17-25(23)33)29-28(24)39(31(41)34-30)18-22(19-42-29)36-10-8-35(5-2)9-11-36/h6,12-14,20-22H,1,7-11,15-18H2,2-5H3;6,8-9,14-15,21-22,24H,1,7,10-13,16-19H2,2-5H3;4,6-7,16-17,22H,1,5,8-15,18-19H2,2-3H3/t20-,21+,22?;21-,22+,24?;. The van der Waals surface area contributed by atoms with Gasteiger partial charge in [0.2, 0.25) is 17.7 Å². The van der Waals surface area contributed by atoms with E-state index >= 15 is 13.2 Å². The molecular formula is C97H115ClF6N18O6S3. The van der Waals surface area contributed by atoms with E-state index in [0.717, 1.165) is 186 Å². The van der Waals surface area contributed by atoms with E-state index in [2.05, 4.69) is 89.6 Å². The highest BCUT2D eigenvalue weighted by atomic mass is 35.5. The van der Waals surface area contributed by atoms with Crippen molar-refractivity contribution in [2.24, 2.45) is 0 Å². The number of piperazine rings is 6. The van der Waals surface area contributed by atoms with Crippen molar-refractivity contribution in [2.45, 2.75) is 146 Å². The minimum absolute atomic E-state index is 0.0678. The normalized spacial score (nSPS) is 22.1. The summed E-state index contributed by atoms with van der Waals surface area (Å²) in [6.45, 7) is 51.0. The van der Waals surface area contributed by atoms with Gasteiger partial charge in [0.1, 0.15) is 52.4 Å². The van der Waals surface area contributed by atoms with Gasteiger partial charge in [0.25, 0.3) is 0 Å². The number of thioether (sulfide) groups is 3. The Balaban J connectivity index is 0.000000144. The quantitative estimate of drug-likeness (QED) is 0.0533. The van der Waals surface area contributed by atoms with Gasteiger partial charge in [0, 0.05) is 293 Å². The molecule has 3 amide bonds. The summed E-state index contributed by atoms with van der Waals surface area (Å²) in [5.74, 6) is -0.510. The first-order chi connectivity index (χ1) is 62.9. The number of hydrogen-bond donors (Lipinski definition) is 0. The molecule has 0 radical (unpaired) electrons. The molecule has 0 aliphatic carbocycles. The zero-order valence-corrected chi connectivity index (χ0v) is 79.3. The van der Waals surface area contributed by atoms with E-state index in [1.807, 2.05) is 76.5 Å². The third-order valence-corrected chi connectivity index (χ3v) is 31.8. The average Bonchev–Trinajstić information content (AvgIpc) is 1.73. The van der Waals surface area contributed by atoms with Crippen LogP contribution in [0.2, 0.25) is 5.02 Å². The number of nitrogens with zero attached hydrogens (tertiary/aromatic N) is 18. The SMILES string of the molecule is C=CC(=O)N1CCN(c2nc(=O)n3c4c(c(-c5ccc(F)cc5F)c(C)cc24)SCC(N2CCN(CC)CC2)C3)CC1.C=CC(=O)N1[C@H](C)CN(c2nc(=O)n3c4c(c(-c5cc(Cl)c(F)cc5F)c(C)cc24)SCC(N2CCN(CC)CC2)C3)C[C@@H]1C.C=CC(=O)N1[C@H](C)CN(c2nc(=O)n3c4c(c(-c5ccc(F)cc5F)c(C)cc24)SCC(N2CCN(CC)CC2)C3)C[C@@H]1C. The molecule has 9 aliphatic rings. The van der Waals surface area contributed by atoms with Crippen molar-refractivity contribution in [1.29, 1.82) is 0 Å². The summed E-state index contributed by atoms with van der Waals surface area (Å²) in [5, 5.41) is 2.30. The van der Waals surface area contributed by atoms with Crippen LogP contribution >= 0.6 is 46.9 Å². The average molecular weight is 1870 g/mol. The summed E-state index contributed by atoms with van der Waals surface area (Å²) < 4.78 is 93.6. The largest absolute Gasteiger partial charge is 0.352 e. The van der Waals surface area contributed by atoms with Crippen LogP contribution in [0.4, 0.5) is 43.8 Å². The number of halogens is 7. The van der Waals surface area contributed by atoms with Crippen molar-refractivity contribution in [3.63, 3.8) is 0 Å². The number of benzene rings is 6. The first-order valence-corrected chi connectivity index (χ1v) is 48.9. The molecule has 3 aromatic heterocycles. The van der Waals surface area contributed by atoms with Gasteiger partial charge in [-0.1, -0.05) is 52.1 Å². The van der Waals surface area contributed by atoms with E-state index in [0.29, 0.717) is 129 Å². The van der Waals surface area contributed by atoms with E-state index in [-0.39, 0.29) is 87.7 Å². The van der Waals surface area contributed by atoms with E-state index in [1.165, 1.54) is 48.6 Å². The predicted molar refractivity (Wildman–Crippen MR) is 513 cm³/mol. The van der Waals surface area contributed by atoms with E-state index in [9.17, 15) is 41.9 Å². The molecule has 131 heavy (non-hydrogen) atoms. The molecule has 6 aromatic carbocycles. The summed E-state index contributed by atoms with van der Waals surface area (Å²) in [4.78, 5) is 122. The molecule has 9 aliphatic heterocycles. The topological polar surface area (TPSA) is 195 Å². The van der Waals surface area contributed by atoms with Gasteiger partial charge >= 0.3 is 17.1 Å². The molecule has 18 rings (SSSR count). The number of rotatable bonds is 15. The summed E-state index contributed by atoms with van der Waals surface area (Å²) in [6, 6.07) is 15.2. The fraction of sp³-hybridized carbons (Fsp3) is 0.474. The minimum Gasteiger partial charge on any atom is -0.352 e. The molecular weight excluding hydrogens is 1760 g/mol. The maximum absolute atomic E-state index is 15.5. The van der Waals surface area contributed by atoms with E-state index < -0.39 is 34.9 Å². The van der Waals surface area contributed by atoms with Crippen molar-refractivity contribution >= 4 is 115 Å². The van der Waals surface area contributed by atoms with Crippen molar-refractivity contribution in [3.8, 4) is 33.4 Å². The van der Waals surface area contributed by atoms with Crippen LogP contribution in [-0.4, -0.2) is 301 Å². The molecule has 12 heterocycles. The molecule has 0 saturated carbocycles. The first kappa shape index (κ1) is 94.6. The second kappa shape index (κ2) is 39.9. The molecule has 9 aromatic rings. The lowest BCUT2D eigenvalue weighted by molar-refractivity contribution is -0.131. The van der Waals surface area contributed by atoms with Gasteiger partial charge in [-0.3, -0.25) is 42.8 Å². The fourth-order valence-corrected chi connectivity index (χ4v) is 25.5. The fourth-order valence-electron chi connectivity index (χ4n) is 21.0. The number of aryl methyl sites for hydroxylation is 3. The number of carbonyl (C=O) groups excluding carboxylic acids is 3. The van der Waals surface area contributed by atoms with Gasteiger partial charge in [-0.25, -0.2) is 40.7 Å². The molecule has 696 valence electrons. The Hall–Kier alpha value is -9.55. The van der Waals surface area contributed by atoms with E-state index in [1.54, 1.807) is 53.9 Å². The van der Waals surface area contributed by atoms with Crippen LogP contribution in [0.3, 0.4) is 0 Å². The third kappa shape index (κ3) is 18.8. The monoisotopic (exact) mass is 1870 g/mol. The number of likely N-dealkylation sites (N-methyl/N-ethyl adjacent to an activating group) is 3.